The zero-order valence-electron chi connectivity index (χ0n) is 10.1. The maximum absolute atomic E-state index is 10.7. The van der Waals surface area contributed by atoms with E-state index in [1.54, 1.807) is 0 Å². The van der Waals surface area contributed by atoms with Gasteiger partial charge in [0.05, 0.1) is 0 Å². The van der Waals surface area contributed by atoms with Crippen LogP contribution in [0.2, 0.25) is 19.1 Å². The third-order valence-corrected chi connectivity index (χ3v) is 8.71. The van der Waals surface area contributed by atoms with E-state index in [-0.39, 0.29) is 0 Å². The van der Waals surface area contributed by atoms with Gasteiger partial charge in [0.15, 0.2) is 0 Å². The van der Waals surface area contributed by atoms with E-state index in [0.29, 0.717) is 11.3 Å². The van der Waals surface area contributed by atoms with Crippen LogP contribution in [-0.2, 0) is 0 Å². The van der Waals surface area contributed by atoms with E-state index in [9.17, 15) is 4.79 Å². The SMILES string of the molecule is C[Si]1(C)CCCN1C1CCC(SC(=O)O)C1. The van der Waals surface area contributed by atoms with Gasteiger partial charge < -0.3 is 9.67 Å². The number of hydrogen-bond acceptors (Lipinski definition) is 3. The molecule has 2 aliphatic rings. The highest BCUT2D eigenvalue weighted by molar-refractivity contribution is 8.13. The highest BCUT2D eigenvalue weighted by Crippen LogP contribution is 2.38. The highest BCUT2D eigenvalue weighted by Gasteiger charge is 2.41. The Morgan fingerprint density at radius 2 is 2.19 bits per heavy atom. The molecule has 1 saturated carbocycles. The van der Waals surface area contributed by atoms with Crippen molar-refractivity contribution in [1.29, 1.82) is 0 Å². The molecule has 1 N–H and O–H groups in total. The molecule has 0 amide bonds. The molecule has 0 aromatic rings. The quantitative estimate of drug-likeness (QED) is 0.773. The van der Waals surface area contributed by atoms with Gasteiger partial charge in [0.25, 0.3) is 0 Å². The van der Waals surface area contributed by atoms with E-state index in [1.807, 2.05) is 0 Å². The molecule has 1 aliphatic carbocycles. The van der Waals surface area contributed by atoms with Crippen LogP contribution in [0.25, 0.3) is 0 Å². The van der Waals surface area contributed by atoms with Crippen LogP contribution in [0.15, 0.2) is 0 Å². The summed E-state index contributed by atoms with van der Waals surface area (Å²) in [4.78, 5) is 10.7. The molecule has 2 atom stereocenters. The van der Waals surface area contributed by atoms with Crippen LogP contribution in [0, 0.1) is 0 Å². The second kappa shape index (κ2) is 4.70. The van der Waals surface area contributed by atoms with E-state index >= 15 is 0 Å². The highest BCUT2D eigenvalue weighted by atomic mass is 32.2. The Kier molecular flexibility index (Phi) is 3.66. The lowest BCUT2D eigenvalue weighted by Gasteiger charge is -2.35. The normalized spacial score (nSPS) is 34.4. The van der Waals surface area contributed by atoms with E-state index < -0.39 is 13.5 Å². The number of rotatable bonds is 2. The summed E-state index contributed by atoms with van der Waals surface area (Å²) >= 11 is 1.13. The Labute approximate surface area is 103 Å². The van der Waals surface area contributed by atoms with Crippen LogP contribution in [0.4, 0.5) is 4.79 Å². The maximum Gasteiger partial charge on any atom is 0.365 e. The molecule has 92 valence electrons. The van der Waals surface area contributed by atoms with Gasteiger partial charge >= 0.3 is 5.30 Å². The Morgan fingerprint density at radius 1 is 1.44 bits per heavy atom. The summed E-state index contributed by atoms with van der Waals surface area (Å²) in [7, 11) is -1.13. The van der Waals surface area contributed by atoms with Crippen LogP contribution in [0.1, 0.15) is 25.7 Å². The van der Waals surface area contributed by atoms with Gasteiger partial charge in [0.1, 0.15) is 8.24 Å². The first kappa shape index (κ1) is 12.5. The van der Waals surface area contributed by atoms with Gasteiger partial charge in [-0.1, -0.05) is 13.1 Å². The van der Waals surface area contributed by atoms with Crippen molar-refractivity contribution in [3.63, 3.8) is 0 Å². The first-order valence-electron chi connectivity index (χ1n) is 6.15. The molecule has 0 bridgehead atoms. The van der Waals surface area contributed by atoms with E-state index in [2.05, 4.69) is 17.7 Å². The van der Waals surface area contributed by atoms with Crippen LogP contribution >= 0.6 is 11.8 Å². The smallest absolute Gasteiger partial charge is 0.365 e. The van der Waals surface area contributed by atoms with Crippen molar-refractivity contribution in [3.8, 4) is 0 Å². The predicted octanol–water partition coefficient (Wildman–Crippen LogP) is 3.23. The first-order chi connectivity index (χ1) is 7.49. The van der Waals surface area contributed by atoms with Crippen molar-refractivity contribution < 1.29 is 9.90 Å². The van der Waals surface area contributed by atoms with Crippen LogP contribution in [0.3, 0.4) is 0 Å². The first-order valence-corrected chi connectivity index (χ1v) is 10.2. The van der Waals surface area contributed by atoms with Crippen molar-refractivity contribution >= 4 is 25.3 Å². The monoisotopic (exact) mass is 259 g/mol. The second-order valence-corrected chi connectivity index (χ2v) is 11.5. The Hall–Kier alpha value is -0.00312. The number of hydrogen-bond donors (Lipinski definition) is 1. The van der Waals surface area contributed by atoms with E-state index in [4.69, 9.17) is 5.11 Å². The molecule has 1 heterocycles. The molecule has 0 radical (unpaired) electrons. The molecule has 1 aliphatic heterocycles. The summed E-state index contributed by atoms with van der Waals surface area (Å²) in [5, 5.41) is 8.44. The van der Waals surface area contributed by atoms with Crippen molar-refractivity contribution in [2.24, 2.45) is 0 Å². The summed E-state index contributed by atoms with van der Waals surface area (Å²) in [5.41, 5.74) is 0. The molecule has 2 fully saturated rings. The topological polar surface area (TPSA) is 40.5 Å². The summed E-state index contributed by atoms with van der Waals surface area (Å²) in [6.45, 7) is 6.17. The molecule has 5 heteroatoms. The molecule has 2 unspecified atom stereocenters. The molecule has 2 rings (SSSR count). The number of carbonyl (C=O) groups is 1. The minimum atomic E-state index is -1.13. The number of nitrogens with zero attached hydrogens (tertiary/aromatic N) is 1. The largest absolute Gasteiger partial charge is 0.473 e. The third kappa shape index (κ3) is 2.63. The average molecular weight is 259 g/mol. The maximum atomic E-state index is 10.7. The van der Waals surface area contributed by atoms with Gasteiger partial charge in [0, 0.05) is 11.3 Å². The van der Waals surface area contributed by atoms with Crippen LogP contribution in [0.5, 0.6) is 0 Å². The minimum Gasteiger partial charge on any atom is -0.473 e. The van der Waals surface area contributed by atoms with Gasteiger partial charge in [0.2, 0.25) is 0 Å². The predicted molar refractivity (Wildman–Crippen MR) is 70.7 cm³/mol. The molecule has 0 spiro atoms. The van der Waals surface area contributed by atoms with Crippen molar-refractivity contribution in [2.75, 3.05) is 6.54 Å². The van der Waals surface area contributed by atoms with Crippen LogP contribution in [-0.4, -0.2) is 41.0 Å². The summed E-state index contributed by atoms with van der Waals surface area (Å²) < 4.78 is 2.75. The third-order valence-electron chi connectivity index (χ3n) is 4.03. The van der Waals surface area contributed by atoms with Gasteiger partial charge in [-0.25, -0.2) is 4.79 Å². The molecular weight excluding hydrogens is 238 g/mol. The zero-order valence-corrected chi connectivity index (χ0v) is 11.9. The lowest BCUT2D eigenvalue weighted by molar-refractivity contribution is 0.222. The molecule has 1 saturated heterocycles. The molecular formula is C11H21NO2SSi. The Balaban J connectivity index is 1.91. The van der Waals surface area contributed by atoms with Crippen molar-refractivity contribution in [3.05, 3.63) is 0 Å². The molecule has 16 heavy (non-hydrogen) atoms. The summed E-state index contributed by atoms with van der Waals surface area (Å²) in [5.74, 6) is 0. The zero-order chi connectivity index (χ0) is 11.8. The summed E-state index contributed by atoms with van der Waals surface area (Å²) in [6.07, 6.45) is 4.74. The van der Waals surface area contributed by atoms with Gasteiger partial charge in [-0.3, -0.25) is 0 Å². The lowest BCUT2D eigenvalue weighted by atomic mass is 10.2. The van der Waals surface area contributed by atoms with Gasteiger partial charge in [-0.2, -0.15) is 0 Å². The van der Waals surface area contributed by atoms with Crippen molar-refractivity contribution in [2.45, 2.75) is 56.1 Å². The van der Waals surface area contributed by atoms with Gasteiger partial charge in [-0.05, 0) is 50.0 Å². The Morgan fingerprint density at radius 3 is 2.75 bits per heavy atom. The second-order valence-electron chi connectivity index (χ2n) is 5.58. The van der Waals surface area contributed by atoms with Gasteiger partial charge in [-0.15, -0.1) is 0 Å². The Bertz CT molecular complexity index is 285. The number of thioether (sulfide) groups is 1. The fourth-order valence-electron chi connectivity index (χ4n) is 3.26. The molecule has 3 nitrogen and oxygen atoms in total. The fourth-order valence-corrected chi connectivity index (χ4v) is 7.41. The number of carboxylic acid groups (broad SMARTS) is 1. The molecule has 0 aromatic carbocycles. The van der Waals surface area contributed by atoms with E-state index in [0.717, 1.165) is 24.6 Å². The van der Waals surface area contributed by atoms with E-state index in [1.165, 1.54) is 25.4 Å². The minimum absolute atomic E-state index is 0.355. The standard InChI is InChI=1S/C11H21NO2SSi/c1-16(2)7-3-6-12(16)9-4-5-10(8-9)15-11(13)14/h9-10H,3-8H2,1-2H3,(H,13,14). The van der Waals surface area contributed by atoms with Crippen LogP contribution < -0.4 is 0 Å². The molecule has 0 aromatic heterocycles. The van der Waals surface area contributed by atoms with Crippen molar-refractivity contribution in [1.82, 2.24) is 4.57 Å². The summed E-state index contributed by atoms with van der Waals surface area (Å²) in [6, 6.07) is 2.10. The average Bonchev–Trinajstić information content (AvgIpc) is 2.70. The lowest BCUT2D eigenvalue weighted by Crippen LogP contribution is -2.48. The fraction of sp³-hybridized carbons (Fsp3) is 0.909.